The van der Waals surface area contributed by atoms with E-state index in [1.807, 2.05) is 6.92 Å². The molecule has 2 rings (SSSR count). The highest BCUT2D eigenvalue weighted by Crippen LogP contribution is 2.32. The van der Waals surface area contributed by atoms with Crippen molar-refractivity contribution in [3.63, 3.8) is 0 Å². The number of benzene rings is 1. The summed E-state index contributed by atoms with van der Waals surface area (Å²) in [5.74, 6) is -0.272. The zero-order chi connectivity index (χ0) is 13.1. The number of nitrogens with zero attached hydrogens (tertiary/aromatic N) is 1. The molecule has 1 aliphatic rings. The molecular formula is C14H18FNO2. The Bertz CT molecular complexity index is 447. The third-order valence-electron chi connectivity index (χ3n) is 3.59. The predicted octanol–water partition coefficient (Wildman–Crippen LogP) is 3.73. The molecule has 0 radical (unpaired) electrons. The van der Waals surface area contributed by atoms with Crippen LogP contribution in [0, 0.1) is 12.7 Å². The first-order valence-electron chi connectivity index (χ1n) is 6.35. The van der Waals surface area contributed by atoms with E-state index in [0.717, 1.165) is 36.8 Å². The predicted molar refractivity (Wildman–Crippen MR) is 67.1 cm³/mol. The fourth-order valence-electron chi connectivity index (χ4n) is 2.67. The SMILES string of the molecule is Cc1cc(F)ccc1C1CCCCCN1C(=O)O. The molecule has 1 fully saturated rings. The number of carboxylic acid groups (broad SMARTS) is 1. The summed E-state index contributed by atoms with van der Waals surface area (Å²) in [6, 6.07) is 4.47. The van der Waals surface area contributed by atoms with E-state index in [9.17, 15) is 14.3 Å². The summed E-state index contributed by atoms with van der Waals surface area (Å²) in [7, 11) is 0. The Labute approximate surface area is 106 Å². The van der Waals surface area contributed by atoms with E-state index in [2.05, 4.69) is 0 Å². The lowest BCUT2D eigenvalue weighted by Gasteiger charge is -2.28. The normalized spacial score (nSPS) is 20.6. The second kappa shape index (κ2) is 5.38. The van der Waals surface area contributed by atoms with Gasteiger partial charge in [-0.3, -0.25) is 0 Å². The maximum Gasteiger partial charge on any atom is 0.407 e. The molecule has 0 aromatic heterocycles. The molecular weight excluding hydrogens is 233 g/mol. The summed E-state index contributed by atoms with van der Waals surface area (Å²) in [4.78, 5) is 12.8. The molecule has 1 N–H and O–H groups in total. The fourth-order valence-corrected chi connectivity index (χ4v) is 2.67. The van der Waals surface area contributed by atoms with E-state index in [0.29, 0.717) is 6.54 Å². The van der Waals surface area contributed by atoms with Gasteiger partial charge in [0.2, 0.25) is 0 Å². The van der Waals surface area contributed by atoms with E-state index in [-0.39, 0.29) is 11.9 Å². The molecule has 1 aliphatic heterocycles. The average molecular weight is 251 g/mol. The summed E-state index contributed by atoms with van der Waals surface area (Å²) in [6.45, 7) is 2.40. The Morgan fingerprint density at radius 3 is 2.83 bits per heavy atom. The fraction of sp³-hybridized carbons (Fsp3) is 0.500. The van der Waals surface area contributed by atoms with Crippen molar-refractivity contribution in [2.45, 2.75) is 38.6 Å². The Kier molecular flexibility index (Phi) is 3.84. The molecule has 4 heteroatoms. The third kappa shape index (κ3) is 2.63. The second-order valence-electron chi connectivity index (χ2n) is 4.84. The maximum atomic E-state index is 13.1. The van der Waals surface area contributed by atoms with Crippen LogP contribution in [-0.2, 0) is 0 Å². The number of aryl methyl sites for hydroxylation is 1. The summed E-state index contributed by atoms with van der Waals surface area (Å²) in [5, 5.41) is 9.29. The molecule has 1 heterocycles. The van der Waals surface area contributed by atoms with Gasteiger partial charge in [0.1, 0.15) is 5.82 Å². The van der Waals surface area contributed by atoms with Crippen LogP contribution in [0.2, 0.25) is 0 Å². The Hall–Kier alpha value is -1.58. The van der Waals surface area contributed by atoms with Gasteiger partial charge in [0.15, 0.2) is 0 Å². The van der Waals surface area contributed by atoms with Gasteiger partial charge < -0.3 is 10.0 Å². The molecule has 1 unspecified atom stereocenters. The number of halogens is 1. The number of hydrogen-bond donors (Lipinski definition) is 1. The van der Waals surface area contributed by atoms with Crippen molar-refractivity contribution >= 4 is 6.09 Å². The molecule has 1 saturated heterocycles. The first kappa shape index (κ1) is 12.9. The van der Waals surface area contributed by atoms with Gasteiger partial charge in [-0.2, -0.15) is 0 Å². The zero-order valence-electron chi connectivity index (χ0n) is 10.5. The van der Waals surface area contributed by atoms with Gasteiger partial charge in [-0.15, -0.1) is 0 Å². The van der Waals surface area contributed by atoms with Crippen molar-refractivity contribution in [2.75, 3.05) is 6.54 Å². The lowest BCUT2D eigenvalue weighted by Crippen LogP contribution is -2.33. The Balaban J connectivity index is 2.34. The largest absolute Gasteiger partial charge is 0.465 e. The summed E-state index contributed by atoms with van der Waals surface area (Å²) < 4.78 is 13.1. The second-order valence-corrected chi connectivity index (χ2v) is 4.84. The van der Waals surface area contributed by atoms with Gasteiger partial charge in [-0.1, -0.05) is 18.9 Å². The minimum atomic E-state index is -0.884. The standard InChI is InChI=1S/C14H18FNO2/c1-10-9-11(15)6-7-12(10)13-5-3-2-4-8-16(13)14(17)18/h6-7,9,13H,2-5,8H2,1H3,(H,17,18). The highest BCUT2D eigenvalue weighted by atomic mass is 19.1. The van der Waals surface area contributed by atoms with E-state index in [4.69, 9.17) is 0 Å². The molecule has 18 heavy (non-hydrogen) atoms. The molecule has 0 saturated carbocycles. The smallest absolute Gasteiger partial charge is 0.407 e. The quantitative estimate of drug-likeness (QED) is 0.826. The average Bonchev–Trinajstić information content (AvgIpc) is 2.54. The molecule has 0 aliphatic carbocycles. The van der Waals surface area contributed by atoms with Crippen LogP contribution in [0.3, 0.4) is 0 Å². The first-order chi connectivity index (χ1) is 8.59. The lowest BCUT2D eigenvalue weighted by molar-refractivity contribution is 0.125. The van der Waals surface area contributed by atoms with E-state index >= 15 is 0 Å². The van der Waals surface area contributed by atoms with Crippen LogP contribution in [-0.4, -0.2) is 22.6 Å². The Morgan fingerprint density at radius 2 is 2.17 bits per heavy atom. The number of amides is 1. The zero-order valence-corrected chi connectivity index (χ0v) is 10.5. The first-order valence-corrected chi connectivity index (χ1v) is 6.35. The Morgan fingerprint density at radius 1 is 1.39 bits per heavy atom. The number of carbonyl (C=O) groups is 1. The van der Waals surface area contributed by atoms with Crippen molar-refractivity contribution in [2.24, 2.45) is 0 Å². The molecule has 1 aromatic carbocycles. The topological polar surface area (TPSA) is 40.5 Å². The molecule has 1 atom stereocenters. The minimum Gasteiger partial charge on any atom is -0.465 e. The monoisotopic (exact) mass is 251 g/mol. The van der Waals surface area contributed by atoms with E-state index in [1.54, 1.807) is 6.07 Å². The van der Waals surface area contributed by atoms with Crippen LogP contribution in [0.4, 0.5) is 9.18 Å². The van der Waals surface area contributed by atoms with Crippen LogP contribution < -0.4 is 0 Å². The molecule has 98 valence electrons. The maximum absolute atomic E-state index is 13.1. The van der Waals surface area contributed by atoms with Crippen molar-refractivity contribution in [1.29, 1.82) is 0 Å². The third-order valence-corrected chi connectivity index (χ3v) is 3.59. The van der Waals surface area contributed by atoms with Crippen molar-refractivity contribution < 1.29 is 14.3 Å². The summed E-state index contributed by atoms with van der Waals surface area (Å²) >= 11 is 0. The van der Waals surface area contributed by atoms with Crippen molar-refractivity contribution in [3.05, 3.63) is 35.1 Å². The highest BCUT2D eigenvalue weighted by Gasteiger charge is 2.27. The van der Waals surface area contributed by atoms with Gasteiger partial charge in [0.05, 0.1) is 6.04 Å². The summed E-state index contributed by atoms with van der Waals surface area (Å²) in [6.07, 6.45) is 2.92. The molecule has 0 spiro atoms. The van der Waals surface area contributed by atoms with Crippen LogP contribution in [0.15, 0.2) is 18.2 Å². The van der Waals surface area contributed by atoms with Gasteiger partial charge >= 0.3 is 6.09 Å². The summed E-state index contributed by atoms with van der Waals surface area (Å²) in [5.41, 5.74) is 1.76. The van der Waals surface area contributed by atoms with Gasteiger partial charge in [-0.05, 0) is 43.0 Å². The number of hydrogen-bond acceptors (Lipinski definition) is 1. The minimum absolute atomic E-state index is 0.134. The van der Waals surface area contributed by atoms with Crippen LogP contribution in [0.1, 0.15) is 42.9 Å². The molecule has 0 bridgehead atoms. The highest BCUT2D eigenvalue weighted by molar-refractivity contribution is 5.66. The van der Waals surface area contributed by atoms with E-state index in [1.165, 1.54) is 17.0 Å². The molecule has 1 amide bonds. The number of rotatable bonds is 1. The van der Waals surface area contributed by atoms with Crippen molar-refractivity contribution in [3.8, 4) is 0 Å². The molecule has 1 aromatic rings. The van der Waals surface area contributed by atoms with Crippen LogP contribution in [0.5, 0.6) is 0 Å². The van der Waals surface area contributed by atoms with Crippen LogP contribution >= 0.6 is 0 Å². The molecule has 3 nitrogen and oxygen atoms in total. The number of likely N-dealkylation sites (tertiary alicyclic amines) is 1. The van der Waals surface area contributed by atoms with Gasteiger partial charge in [0, 0.05) is 6.54 Å². The lowest BCUT2D eigenvalue weighted by atomic mass is 9.96. The van der Waals surface area contributed by atoms with Gasteiger partial charge in [-0.25, -0.2) is 9.18 Å². The van der Waals surface area contributed by atoms with Crippen molar-refractivity contribution in [1.82, 2.24) is 4.90 Å². The van der Waals surface area contributed by atoms with E-state index < -0.39 is 6.09 Å². The van der Waals surface area contributed by atoms with Crippen LogP contribution in [0.25, 0.3) is 0 Å². The van der Waals surface area contributed by atoms with Gasteiger partial charge in [0.25, 0.3) is 0 Å².